The molecule has 1 aromatic heterocycles. The number of fused-ring (bicyclic) bond motifs is 1. The minimum absolute atomic E-state index is 0.0401. The summed E-state index contributed by atoms with van der Waals surface area (Å²) in [7, 11) is 0. The van der Waals surface area contributed by atoms with Crippen LogP contribution < -0.4 is 0 Å². The van der Waals surface area contributed by atoms with Crippen molar-refractivity contribution in [3.05, 3.63) is 23.8 Å². The second kappa shape index (κ2) is 3.43. The van der Waals surface area contributed by atoms with Gasteiger partial charge in [-0.2, -0.15) is 8.75 Å². The first kappa shape index (κ1) is 8.65. The summed E-state index contributed by atoms with van der Waals surface area (Å²) >= 11 is 2.33. The third kappa shape index (κ3) is 1.45. The van der Waals surface area contributed by atoms with Crippen molar-refractivity contribution in [3.63, 3.8) is 0 Å². The molecule has 0 aliphatic carbocycles. The Hall–Kier alpha value is -0.940. The Morgan fingerprint density at radius 3 is 3.08 bits per heavy atom. The van der Waals surface area contributed by atoms with E-state index >= 15 is 0 Å². The molecule has 0 saturated heterocycles. The van der Waals surface area contributed by atoms with Crippen molar-refractivity contribution in [1.29, 1.82) is 0 Å². The van der Waals surface area contributed by atoms with Crippen LogP contribution in [0.5, 0.6) is 0 Å². The highest BCUT2D eigenvalue weighted by Gasteiger charge is 2.10. The maximum absolute atomic E-state index is 11.4. The smallest absolute Gasteiger partial charge is 0.221 e. The van der Waals surface area contributed by atoms with Crippen LogP contribution in [0, 0.1) is 0 Å². The first-order valence-corrected chi connectivity index (χ1v) is 5.58. The van der Waals surface area contributed by atoms with Gasteiger partial charge in [0.15, 0.2) is 0 Å². The van der Waals surface area contributed by atoms with Crippen LogP contribution in [0.3, 0.4) is 0 Å². The van der Waals surface area contributed by atoms with Gasteiger partial charge in [0, 0.05) is 0 Å². The van der Waals surface area contributed by atoms with Gasteiger partial charge in [0.2, 0.25) is 5.12 Å². The van der Waals surface area contributed by atoms with Crippen LogP contribution in [0.2, 0.25) is 0 Å². The van der Waals surface area contributed by atoms with Gasteiger partial charge in [-0.15, -0.1) is 0 Å². The molecule has 0 fully saturated rings. The summed E-state index contributed by atoms with van der Waals surface area (Å²) in [5.41, 5.74) is 2.16. The van der Waals surface area contributed by atoms with Crippen LogP contribution in [-0.4, -0.2) is 20.1 Å². The molecule has 2 aromatic rings. The maximum Gasteiger partial charge on any atom is 0.221 e. The van der Waals surface area contributed by atoms with Crippen LogP contribution in [0.25, 0.3) is 11.0 Å². The van der Waals surface area contributed by atoms with Crippen LogP contribution in [0.1, 0.15) is 10.4 Å². The molecule has 0 unspecified atom stereocenters. The summed E-state index contributed by atoms with van der Waals surface area (Å²) in [5.74, 6) is 0. The second-order valence-electron chi connectivity index (χ2n) is 2.43. The summed E-state index contributed by atoms with van der Waals surface area (Å²) in [6, 6.07) is 5.46. The van der Waals surface area contributed by atoms with Gasteiger partial charge in [0.25, 0.3) is 0 Å². The monoisotopic (exact) mass is 210 g/mol. The van der Waals surface area contributed by atoms with E-state index in [0.29, 0.717) is 11.1 Å². The number of benzene rings is 1. The average Bonchev–Trinajstić information content (AvgIpc) is 2.63. The van der Waals surface area contributed by atoms with Gasteiger partial charge in [0.05, 0.1) is 17.3 Å². The Labute approximate surface area is 83.5 Å². The van der Waals surface area contributed by atoms with Crippen molar-refractivity contribution in [2.45, 2.75) is 0 Å². The molecule has 1 aromatic carbocycles. The molecular weight excluding hydrogens is 204 g/mol. The van der Waals surface area contributed by atoms with E-state index in [0.717, 1.165) is 17.2 Å². The highest BCUT2D eigenvalue weighted by atomic mass is 32.2. The highest BCUT2D eigenvalue weighted by Crippen LogP contribution is 2.19. The normalized spacial score (nSPS) is 10.5. The lowest BCUT2D eigenvalue weighted by Gasteiger charge is -1.95. The van der Waals surface area contributed by atoms with E-state index in [1.54, 1.807) is 12.3 Å². The van der Waals surface area contributed by atoms with E-state index in [2.05, 4.69) is 8.75 Å². The first-order chi connectivity index (χ1) is 6.33. The minimum Gasteiger partial charge on any atom is -0.281 e. The number of rotatable bonds is 1. The summed E-state index contributed by atoms with van der Waals surface area (Å²) in [5, 5.41) is 0.0401. The Balaban J connectivity index is 2.67. The van der Waals surface area contributed by atoms with Gasteiger partial charge < -0.3 is 0 Å². The van der Waals surface area contributed by atoms with E-state index in [1.807, 2.05) is 12.1 Å². The van der Waals surface area contributed by atoms with Crippen molar-refractivity contribution < 1.29 is 4.79 Å². The predicted octanol–water partition coefficient (Wildman–Crippen LogP) is 2.19. The van der Waals surface area contributed by atoms with E-state index < -0.39 is 0 Å². The largest absolute Gasteiger partial charge is 0.281 e. The molecule has 0 N–H and O–H groups in total. The predicted molar refractivity (Wildman–Crippen MR) is 55.3 cm³/mol. The zero-order valence-corrected chi connectivity index (χ0v) is 8.48. The van der Waals surface area contributed by atoms with Crippen LogP contribution in [0.4, 0.5) is 0 Å². The fourth-order valence-electron chi connectivity index (χ4n) is 1.08. The molecule has 5 heteroatoms. The van der Waals surface area contributed by atoms with Crippen LogP contribution in [0.15, 0.2) is 18.2 Å². The zero-order valence-electron chi connectivity index (χ0n) is 6.85. The number of thioether (sulfide) groups is 1. The van der Waals surface area contributed by atoms with E-state index in [9.17, 15) is 4.79 Å². The number of carbonyl (C=O) groups excluding carboxylic acids is 1. The molecule has 0 amide bonds. The maximum atomic E-state index is 11.4. The van der Waals surface area contributed by atoms with Gasteiger partial charge in [-0.05, 0) is 18.4 Å². The second-order valence-corrected chi connectivity index (χ2v) is 3.74. The standard InChI is InChI=1S/C8H6N2OS2/c1-12-8(11)5-3-2-4-6-7(5)10-13-9-6/h2-4H,1H3. The Kier molecular flexibility index (Phi) is 2.28. The quantitative estimate of drug-likeness (QED) is 0.723. The van der Waals surface area contributed by atoms with Crippen molar-refractivity contribution >= 4 is 39.6 Å². The molecule has 0 spiro atoms. The van der Waals surface area contributed by atoms with Crippen molar-refractivity contribution in [2.75, 3.05) is 6.26 Å². The topological polar surface area (TPSA) is 42.9 Å². The lowest BCUT2D eigenvalue weighted by molar-refractivity contribution is 0.109. The molecule has 0 aliphatic heterocycles. The van der Waals surface area contributed by atoms with Crippen molar-refractivity contribution in [3.8, 4) is 0 Å². The number of aromatic nitrogens is 2. The van der Waals surface area contributed by atoms with Crippen molar-refractivity contribution in [2.24, 2.45) is 0 Å². The molecule has 13 heavy (non-hydrogen) atoms. The lowest BCUT2D eigenvalue weighted by Crippen LogP contribution is -1.92. The van der Waals surface area contributed by atoms with Gasteiger partial charge in [0.1, 0.15) is 11.0 Å². The highest BCUT2D eigenvalue weighted by molar-refractivity contribution is 8.13. The van der Waals surface area contributed by atoms with Crippen LogP contribution in [-0.2, 0) is 0 Å². The number of hydrogen-bond acceptors (Lipinski definition) is 5. The molecule has 0 bridgehead atoms. The van der Waals surface area contributed by atoms with Gasteiger partial charge in [-0.3, -0.25) is 4.79 Å². The molecule has 66 valence electrons. The fourth-order valence-corrected chi connectivity index (χ4v) is 2.02. The Morgan fingerprint density at radius 1 is 1.46 bits per heavy atom. The van der Waals surface area contributed by atoms with Gasteiger partial charge >= 0.3 is 0 Å². The summed E-state index contributed by atoms with van der Waals surface area (Å²) < 4.78 is 8.15. The SMILES string of the molecule is CSC(=O)c1cccc2nsnc12. The third-order valence-corrected chi connectivity index (χ3v) is 2.82. The first-order valence-electron chi connectivity index (χ1n) is 3.62. The molecule has 0 atom stereocenters. The molecule has 3 nitrogen and oxygen atoms in total. The minimum atomic E-state index is 0.0401. The Morgan fingerprint density at radius 2 is 2.31 bits per heavy atom. The summed E-state index contributed by atoms with van der Waals surface area (Å²) in [6.07, 6.45) is 1.76. The van der Waals surface area contributed by atoms with Gasteiger partial charge in [-0.1, -0.05) is 17.8 Å². The molecule has 1 heterocycles. The van der Waals surface area contributed by atoms with Gasteiger partial charge in [-0.25, -0.2) is 0 Å². The molecular formula is C8H6N2OS2. The summed E-state index contributed by atoms with van der Waals surface area (Å²) in [6.45, 7) is 0. The number of carbonyl (C=O) groups is 1. The van der Waals surface area contributed by atoms with E-state index in [-0.39, 0.29) is 5.12 Å². The average molecular weight is 210 g/mol. The molecule has 0 radical (unpaired) electrons. The molecule has 2 rings (SSSR count). The third-order valence-electron chi connectivity index (χ3n) is 1.69. The van der Waals surface area contributed by atoms with E-state index in [1.165, 1.54) is 11.8 Å². The fraction of sp³-hybridized carbons (Fsp3) is 0.125. The molecule has 0 saturated carbocycles. The number of hydrogen-bond donors (Lipinski definition) is 0. The van der Waals surface area contributed by atoms with E-state index in [4.69, 9.17) is 0 Å². The number of nitrogens with zero attached hydrogens (tertiary/aromatic N) is 2. The lowest BCUT2D eigenvalue weighted by atomic mass is 10.2. The Bertz CT molecular complexity index is 452. The summed E-state index contributed by atoms with van der Waals surface area (Å²) in [4.78, 5) is 11.4. The van der Waals surface area contributed by atoms with Crippen molar-refractivity contribution in [1.82, 2.24) is 8.75 Å². The van der Waals surface area contributed by atoms with Crippen LogP contribution >= 0.6 is 23.5 Å². The zero-order chi connectivity index (χ0) is 9.26. The molecule has 0 aliphatic rings.